The van der Waals surface area contributed by atoms with Gasteiger partial charge in [0.2, 0.25) is 0 Å². The van der Waals surface area contributed by atoms with Crippen molar-refractivity contribution in [2.75, 3.05) is 11.8 Å². The number of hydrogen-bond acceptors (Lipinski definition) is 6. The summed E-state index contributed by atoms with van der Waals surface area (Å²) >= 11 is 3.02. The molecule has 1 heterocycles. The number of aromatic nitrogens is 1. The van der Waals surface area contributed by atoms with Crippen molar-refractivity contribution in [3.8, 4) is 16.3 Å². The van der Waals surface area contributed by atoms with E-state index in [4.69, 9.17) is 14.8 Å². The van der Waals surface area contributed by atoms with Gasteiger partial charge in [0.05, 0.1) is 18.4 Å². The van der Waals surface area contributed by atoms with Crippen LogP contribution in [0.1, 0.15) is 53.9 Å². The fourth-order valence-electron chi connectivity index (χ4n) is 3.82. The van der Waals surface area contributed by atoms with Gasteiger partial charge < -0.3 is 14.6 Å². The maximum Gasteiger partial charge on any atom is 0.335 e. The van der Waals surface area contributed by atoms with Crippen LogP contribution in [0.5, 0.6) is 5.75 Å². The lowest BCUT2D eigenvalue weighted by Gasteiger charge is -2.22. The minimum absolute atomic E-state index is 0.191. The van der Waals surface area contributed by atoms with Crippen molar-refractivity contribution in [1.29, 1.82) is 0 Å². The summed E-state index contributed by atoms with van der Waals surface area (Å²) in [7, 11) is 1.52. The summed E-state index contributed by atoms with van der Waals surface area (Å²) in [4.78, 5) is 15.9. The summed E-state index contributed by atoms with van der Waals surface area (Å²) < 4.78 is 8.53. The topological polar surface area (TPSA) is 71.5 Å². The molecule has 3 aromatic rings. The number of rotatable bonds is 7. The molecule has 30 heavy (non-hydrogen) atoms. The first-order valence-electron chi connectivity index (χ1n) is 10.0. The molecule has 1 fully saturated rings. The summed E-state index contributed by atoms with van der Waals surface area (Å²) in [6.45, 7) is 0. The van der Waals surface area contributed by atoms with E-state index in [-0.39, 0.29) is 5.56 Å². The maximum atomic E-state index is 11.1. The Morgan fingerprint density at radius 2 is 2.03 bits per heavy atom. The quantitative estimate of drug-likeness (QED) is 0.399. The fourth-order valence-corrected chi connectivity index (χ4v) is 5.41. The minimum Gasteiger partial charge on any atom is -0.495 e. The van der Waals surface area contributed by atoms with Crippen LogP contribution in [0.15, 0.2) is 52.9 Å². The highest BCUT2D eigenvalue weighted by Crippen LogP contribution is 2.36. The second kappa shape index (κ2) is 9.53. The lowest BCUT2D eigenvalue weighted by molar-refractivity contribution is 0.0696. The zero-order chi connectivity index (χ0) is 20.9. The summed E-state index contributed by atoms with van der Waals surface area (Å²) in [6, 6.07) is 13.6. The predicted octanol–water partition coefficient (Wildman–Crippen LogP) is 6.68. The van der Waals surface area contributed by atoms with Gasteiger partial charge in [0.25, 0.3) is 0 Å². The molecule has 7 heteroatoms. The highest BCUT2D eigenvalue weighted by molar-refractivity contribution is 8.00. The molecule has 0 bridgehead atoms. The number of ether oxygens (including phenoxy) is 1. The molecule has 0 aliphatic heterocycles. The molecule has 1 aliphatic rings. The van der Waals surface area contributed by atoms with Gasteiger partial charge in [-0.25, -0.2) is 9.78 Å². The highest BCUT2D eigenvalue weighted by atomic mass is 32.2. The summed E-state index contributed by atoms with van der Waals surface area (Å²) in [6.07, 6.45) is 6.59. The molecule has 2 aromatic carbocycles. The van der Waals surface area contributed by atoms with Gasteiger partial charge >= 0.3 is 5.97 Å². The van der Waals surface area contributed by atoms with Crippen molar-refractivity contribution >= 4 is 34.9 Å². The Morgan fingerprint density at radius 1 is 1.20 bits per heavy atom. The molecule has 1 aliphatic carbocycles. The summed E-state index contributed by atoms with van der Waals surface area (Å²) in [5.74, 6) is 0.181. The molecule has 1 saturated carbocycles. The molecule has 1 aromatic heterocycles. The Hall–Kier alpha value is -2.51. The number of anilines is 1. The third-order valence-electron chi connectivity index (χ3n) is 5.41. The van der Waals surface area contributed by atoms with Crippen molar-refractivity contribution in [3.63, 3.8) is 0 Å². The number of hydrogen-bond donors (Lipinski definition) is 2. The molecule has 0 amide bonds. The Balaban J connectivity index is 1.45. The monoisotopic (exact) mass is 440 g/mol. The molecule has 0 saturated heterocycles. The number of nitrogens with one attached hydrogen (secondary N) is 1. The van der Waals surface area contributed by atoms with Gasteiger partial charge in [0.1, 0.15) is 15.8 Å². The first-order chi connectivity index (χ1) is 14.6. The first kappa shape index (κ1) is 20.8. The van der Waals surface area contributed by atoms with Gasteiger partial charge in [-0.1, -0.05) is 37.5 Å². The normalized spacial score (nSPS) is 14.4. The zero-order valence-electron chi connectivity index (χ0n) is 16.8. The van der Waals surface area contributed by atoms with E-state index in [9.17, 15) is 4.79 Å². The van der Waals surface area contributed by atoms with Crippen LogP contribution in [0.4, 0.5) is 5.69 Å². The third kappa shape index (κ3) is 4.79. The van der Waals surface area contributed by atoms with E-state index < -0.39 is 5.97 Å². The molecular formula is C23H24N2O3S2. The summed E-state index contributed by atoms with van der Waals surface area (Å²) in [5, 5.41) is 13.0. The summed E-state index contributed by atoms with van der Waals surface area (Å²) in [5.41, 5.74) is 3.49. The zero-order valence-corrected chi connectivity index (χ0v) is 18.4. The van der Waals surface area contributed by atoms with Crippen molar-refractivity contribution in [2.24, 2.45) is 0 Å². The largest absolute Gasteiger partial charge is 0.495 e. The predicted molar refractivity (Wildman–Crippen MR) is 123 cm³/mol. The number of methoxy groups -OCH3 is 1. The van der Waals surface area contributed by atoms with Crippen molar-refractivity contribution < 1.29 is 14.6 Å². The second-order valence-electron chi connectivity index (χ2n) is 7.38. The average Bonchev–Trinajstić information content (AvgIpc) is 3.27. The second-order valence-corrected chi connectivity index (χ2v) is 9.06. The molecule has 0 spiro atoms. The van der Waals surface area contributed by atoms with Gasteiger partial charge in [0, 0.05) is 22.9 Å². The van der Waals surface area contributed by atoms with E-state index in [2.05, 4.69) is 29.0 Å². The molecule has 0 radical (unpaired) electrons. The van der Waals surface area contributed by atoms with Crippen LogP contribution in [0.2, 0.25) is 0 Å². The number of carbonyl (C=O) groups is 1. The van der Waals surface area contributed by atoms with Gasteiger partial charge in [-0.05, 0) is 48.6 Å². The Morgan fingerprint density at radius 3 is 2.80 bits per heavy atom. The van der Waals surface area contributed by atoms with Gasteiger partial charge in [-0.15, -0.1) is 11.3 Å². The van der Waals surface area contributed by atoms with Gasteiger partial charge in [0.15, 0.2) is 0 Å². The molecule has 2 N–H and O–H groups in total. The van der Waals surface area contributed by atoms with Gasteiger partial charge in [-0.3, -0.25) is 0 Å². The smallest absolute Gasteiger partial charge is 0.335 e. The molecule has 4 rings (SSSR count). The van der Waals surface area contributed by atoms with E-state index in [0.717, 1.165) is 10.0 Å². The molecule has 0 unspecified atom stereocenters. The maximum absolute atomic E-state index is 11.1. The Bertz CT molecular complexity index is 1030. The molecular weight excluding hydrogens is 416 g/mol. The lowest BCUT2D eigenvalue weighted by Crippen LogP contribution is -2.04. The number of thiazole rings is 1. The highest BCUT2D eigenvalue weighted by Gasteiger charge is 2.16. The van der Waals surface area contributed by atoms with E-state index >= 15 is 0 Å². The van der Waals surface area contributed by atoms with Crippen LogP contribution in [0.25, 0.3) is 10.6 Å². The van der Waals surface area contributed by atoms with Crippen molar-refractivity contribution in [2.45, 2.75) is 43.0 Å². The number of aromatic carboxylic acids is 1. The number of benzene rings is 2. The molecule has 5 nitrogen and oxygen atoms in total. The standard InChI is InChI=1S/C23H24N2O3S2/c1-28-20-13-18(23(26)27)10-11-19(20)25-30-21-14-29-22(24-21)17-9-5-8-16(12-17)15-6-3-2-4-7-15/h5,8-15,25H,2-4,6-7H2,1H3,(H,26,27). The first-order valence-corrected chi connectivity index (χ1v) is 11.7. The van der Waals surface area contributed by atoms with Crippen LogP contribution in [-0.2, 0) is 0 Å². The molecule has 0 atom stereocenters. The van der Waals surface area contributed by atoms with Crippen molar-refractivity contribution in [1.82, 2.24) is 4.98 Å². The van der Waals surface area contributed by atoms with Crippen LogP contribution < -0.4 is 9.46 Å². The van der Waals surface area contributed by atoms with E-state index in [1.807, 2.05) is 5.38 Å². The van der Waals surface area contributed by atoms with Crippen LogP contribution in [0, 0.1) is 0 Å². The number of carboxylic acid groups (broad SMARTS) is 1. The third-order valence-corrected chi connectivity index (χ3v) is 7.19. The van der Waals surface area contributed by atoms with E-state index in [0.29, 0.717) is 17.4 Å². The van der Waals surface area contributed by atoms with Crippen LogP contribution in [-0.4, -0.2) is 23.2 Å². The van der Waals surface area contributed by atoms with Crippen LogP contribution in [0.3, 0.4) is 0 Å². The minimum atomic E-state index is -0.980. The van der Waals surface area contributed by atoms with Crippen molar-refractivity contribution in [3.05, 3.63) is 59.0 Å². The fraction of sp³-hybridized carbons (Fsp3) is 0.304. The molecule has 156 valence electrons. The number of carboxylic acids is 1. The van der Waals surface area contributed by atoms with E-state index in [1.54, 1.807) is 23.5 Å². The average molecular weight is 441 g/mol. The van der Waals surface area contributed by atoms with E-state index in [1.165, 1.54) is 68.4 Å². The lowest BCUT2D eigenvalue weighted by atomic mass is 9.84. The Kier molecular flexibility index (Phi) is 6.59. The van der Waals surface area contributed by atoms with Gasteiger partial charge in [-0.2, -0.15) is 0 Å². The SMILES string of the molecule is COc1cc(C(=O)O)ccc1NSc1csc(-c2cccc(C3CCCCC3)c2)n1. The Labute approximate surface area is 184 Å². The number of nitrogens with zero attached hydrogens (tertiary/aromatic N) is 1. The van der Waals surface area contributed by atoms with Crippen LogP contribution >= 0.6 is 23.3 Å².